The van der Waals surface area contributed by atoms with Crippen molar-refractivity contribution in [2.45, 2.75) is 69.8 Å². The minimum atomic E-state index is -4.97. The molecule has 2 aromatic carbocycles. The predicted octanol–water partition coefficient (Wildman–Crippen LogP) is 5.89. The first-order valence-electron chi connectivity index (χ1n) is 13.1. The molecule has 0 spiro atoms. The monoisotopic (exact) mass is 559 g/mol. The van der Waals surface area contributed by atoms with Gasteiger partial charge < -0.3 is 5.32 Å². The minimum absolute atomic E-state index is 0.277. The number of nitrogens with zero attached hydrogens (tertiary/aromatic N) is 2. The summed E-state index contributed by atoms with van der Waals surface area (Å²) in [5.41, 5.74) is -2.55. The van der Waals surface area contributed by atoms with Crippen LogP contribution in [-0.4, -0.2) is 65.9 Å². The normalized spacial score (nSPS) is 22.7. The fraction of sp³-hybridized carbons (Fsp3) is 0.536. The van der Waals surface area contributed by atoms with Crippen LogP contribution >= 0.6 is 0 Å². The van der Waals surface area contributed by atoms with Gasteiger partial charge in [0.1, 0.15) is 17.7 Å². The van der Waals surface area contributed by atoms with E-state index in [1.807, 2.05) is 4.90 Å². The van der Waals surface area contributed by atoms with E-state index in [-0.39, 0.29) is 12.0 Å². The predicted molar refractivity (Wildman–Crippen MR) is 133 cm³/mol. The highest BCUT2D eigenvalue weighted by molar-refractivity contribution is 5.81. The summed E-state index contributed by atoms with van der Waals surface area (Å²) in [6.45, 7) is 6.61. The van der Waals surface area contributed by atoms with Crippen LogP contribution < -0.4 is 5.32 Å². The smallest absolute Gasteiger partial charge is 0.345 e. The molecule has 4 nitrogen and oxygen atoms in total. The number of hydrogen-bond acceptors (Lipinski definition) is 3. The second-order valence-corrected chi connectivity index (χ2v) is 10.6. The van der Waals surface area contributed by atoms with Crippen molar-refractivity contribution in [1.82, 2.24) is 15.1 Å². The van der Waals surface area contributed by atoms with Crippen LogP contribution in [0.15, 0.2) is 36.4 Å². The highest BCUT2D eigenvalue weighted by atomic mass is 19.4. The molecule has 0 unspecified atom stereocenters. The number of carbonyl (C=O) groups is 1. The molecular weight excluding hydrogens is 527 g/mol. The zero-order chi connectivity index (χ0) is 28.5. The highest BCUT2D eigenvalue weighted by Crippen LogP contribution is 2.41. The molecule has 2 aliphatic rings. The molecule has 2 atom stereocenters. The lowest BCUT2D eigenvalue weighted by atomic mass is 9.85. The molecule has 1 heterocycles. The van der Waals surface area contributed by atoms with Crippen molar-refractivity contribution in [2.24, 2.45) is 0 Å². The third kappa shape index (κ3) is 6.74. The van der Waals surface area contributed by atoms with E-state index >= 15 is 8.78 Å². The number of piperazine rings is 1. The van der Waals surface area contributed by atoms with Crippen molar-refractivity contribution >= 4 is 5.91 Å². The van der Waals surface area contributed by atoms with E-state index in [1.54, 1.807) is 0 Å². The van der Waals surface area contributed by atoms with Crippen molar-refractivity contribution in [1.29, 1.82) is 0 Å². The van der Waals surface area contributed by atoms with Crippen LogP contribution in [0.4, 0.5) is 30.7 Å². The molecule has 0 radical (unpaired) electrons. The zero-order valence-corrected chi connectivity index (χ0v) is 21.8. The van der Waals surface area contributed by atoms with Crippen LogP contribution in [0.25, 0.3) is 11.1 Å². The largest absolute Gasteiger partial charge is 0.417 e. The number of halogens is 7. The van der Waals surface area contributed by atoms with Gasteiger partial charge in [-0.15, -0.1) is 0 Å². The molecule has 2 fully saturated rings. The SMILES string of the molecule is CC(C)N1CCN([C@H]2CCCC(F)(F)[C@@H]2NC(=O)Cc2cccc(-c3cc(F)cc(F)c3)c2C(F)(F)F)CC1. The summed E-state index contributed by atoms with van der Waals surface area (Å²) in [7, 11) is 0. The van der Waals surface area contributed by atoms with Crippen molar-refractivity contribution < 1.29 is 35.5 Å². The Balaban J connectivity index is 1.58. The van der Waals surface area contributed by atoms with Gasteiger partial charge >= 0.3 is 6.18 Å². The van der Waals surface area contributed by atoms with Gasteiger partial charge in [-0.05, 0) is 55.5 Å². The van der Waals surface area contributed by atoms with Gasteiger partial charge in [0.15, 0.2) is 0 Å². The maximum Gasteiger partial charge on any atom is 0.417 e. The van der Waals surface area contributed by atoms with Gasteiger partial charge in [-0.25, -0.2) is 17.6 Å². The Kier molecular flexibility index (Phi) is 8.61. The van der Waals surface area contributed by atoms with Crippen molar-refractivity contribution in [3.63, 3.8) is 0 Å². The molecule has 1 saturated heterocycles. The van der Waals surface area contributed by atoms with Crippen LogP contribution in [-0.2, 0) is 17.4 Å². The van der Waals surface area contributed by atoms with Crippen molar-refractivity contribution in [3.8, 4) is 11.1 Å². The Labute approximate surface area is 223 Å². The lowest BCUT2D eigenvalue weighted by Crippen LogP contribution is -2.64. The van der Waals surface area contributed by atoms with Crippen LogP contribution in [0.1, 0.15) is 44.2 Å². The summed E-state index contributed by atoms with van der Waals surface area (Å²) >= 11 is 0. The Bertz CT molecular complexity index is 1160. The lowest BCUT2D eigenvalue weighted by molar-refractivity contribution is -0.138. The molecule has 1 aliphatic heterocycles. The van der Waals surface area contributed by atoms with Gasteiger partial charge in [0.05, 0.1) is 12.0 Å². The number of amides is 1. The number of nitrogens with one attached hydrogen (secondary N) is 1. The Hall–Kier alpha value is -2.66. The van der Waals surface area contributed by atoms with Gasteiger partial charge in [-0.2, -0.15) is 13.2 Å². The first kappa shape index (κ1) is 29.3. The third-order valence-corrected chi connectivity index (χ3v) is 7.67. The molecule has 1 N–H and O–H groups in total. The molecule has 4 rings (SSSR count). The molecule has 0 bridgehead atoms. The molecule has 1 aliphatic carbocycles. The second kappa shape index (κ2) is 11.4. The molecule has 11 heteroatoms. The molecule has 0 aromatic heterocycles. The van der Waals surface area contributed by atoms with E-state index in [4.69, 9.17) is 0 Å². The molecule has 1 amide bonds. The number of alkyl halides is 5. The molecule has 39 heavy (non-hydrogen) atoms. The number of rotatable bonds is 6. The Morgan fingerprint density at radius 2 is 1.69 bits per heavy atom. The van der Waals surface area contributed by atoms with Crippen LogP contribution in [0.5, 0.6) is 0 Å². The van der Waals surface area contributed by atoms with Crippen LogP contribution in [0.3, 0.4) is 0 Å². The maximum absolute atomic E-state index is 15.1. The van der Waals surface area contributed by atoms with E-state index in [1.165, 1.54) is 6.07 Å². The van der Waals surface area contributed by atoms with Crippen molar-refractivity contribution in [3.05, 3.63) is 59.2 Å². The van der Waals surface area contributed by atoms with Crippen LogP contribution in [0, 0.1) is 11.6 Å². The average molecular weight is 560 g/mol. The third-order valence-electron chi connectivity index (χ3n) is 7.67. The van der Waals surface area contributed by atoms with E-state index in [9.17, 15) is 26.7 Å². The number of carbonyl (C=O) groups excluding carboxylic acids is 1. The molecule has 214 valence electrons. The summed E-state index contributed by atoms with van der Waals surface area (Å²) in [5, 5.41) is 2.36. The minimum Gasteiger partial charge on any atom is -0.345 e. The topological polar surface area (TPSA) is 35.6 Å². The van der Waals surface area contributed by atoms with Gasteiger partial charge in [0.25, 0.3) is 5.92 Å². The maximum atomic E-state index is 15.1. The summed E-state index contributed by atoms with van der Waals surface area (Å²) in [6, 6.07) is 3.57. The number of hydrogen-bond donors (Lipinski definition) is 1. The molecule has 2 aromatic rings. The van der Waals surface area contributed by atoms with E-state index in [2.05, 4.69) is 24.1 Å². The van der Waals surface area contributed by atoms with E-state index < -0.39 is 71.3 Å². The first-order valence-corrected chi connectivity index (χ1v) is 13.1. The summed E-state index contributed by atoms with van der Waals surface area (Å²) in [4.78, 5) is 17.2. The quantitative estimate of drug-likeness (QED) is 0.449. The average Bonchev–Trinajstić information content (AvgIpc) is 2.84. The van der Waals surface area contributed by atoms with Crippen LogP contribution in [0.2, 0.25) is 0 Å². The number of benzene rings is 2. The van der Waals surface area contributed by atoms with Gasteiger partial charge in [-0.1, -0.05) is 18.2 Å². The lowest BCUT2D eigenvalue weighted by Gasteiger charge is -2.47. The zero-order valence-electron chi connectivity index (χ0n) is 21.8. The van der Waals surface area contributed by atoms with Gasteiger partial charge in [0, 0.05) is 50.7 Å². The standard InChI is InChI=1S/C28H32F7N3O/c1-17(2)37-9-11-38(12-10-37)23-7-4-8-27(31,32)26(23)36-24(39)15-18-5-3-6-22(25(18)28(33,34)35)19-13-20(29)16-21(30)14-19/h3,5-6,13-14,16-17,23,26H,4,7-12,15H2,1-2H3,(H,36,39)/t23-,26+/m0/s1. The van der Waals surface area contributed by atoms with E-state index in [0.29, 0.717) is 44.7 Å². The second-order valence-electron chi connectivity index (χ2n) is 10.6. The fourth-order valence-corrected chi connectivity index (χ4v) is 5.76. The summed E-state index contributed by atoms with van der Waals surface area (Å²) in [6.07, 6.45) is -5.49. The van der Waals surface area contributed by atoms with Crippen molar-refractivity contribution in [2.75, 3.05) is 26.2 Å². The van der Waals surface area contributed by atoms with Gasteiger partial charge in [0.2, 0.25) is 5.91 Å². The van der Waals surface area contributed by atoms with Gasteiger partial charge in [-0.3, -0.25) is 14.6 Å². The fourth-order valence-electron chi connectivity index (χ4n) is 5.76. The summed E-state index contributed by atoms with van der Waals surface area (Å²) in [5.74, 6) is -6.30. The Morgan fingerprint density at radius 3 is 2.28 bits per heavy atom. The first-order chi connectivity index (χ1) is 18.3. The molecular formula is C28H32F7N3O. The molecule has 1 saturated carbocycles. The summed E-state index contributed by atoms with van der Waals surface area (Å²) < 4.78 is 100. The highest BCUT2D eigenvalue weighted by Gasteiger charge is 2.50. The Morgan fingerprint density at radius 1 is 1.05 bits per heavy atom. The van der Waals surface area contributed by atoms with E-state index in [0.717, 1.165) is 24.3 Å².